The molecule has 1 N–H and O–H groups in total. The molecule has 0 aliphatic carbocycles. The number of nitro benzene ring substituents is 1. The van der Waals surface area contributed by atoms with Crippen molar-refractivity contribution in [2.75, 3.05) is 26.2 Å². The maximum absolute atomic E-state index is 13.6. The van der Waals surface area contributed by atoms with Gasteiger partial charge in [0, 0.05) is 37.8 Å². The van der Waals surface area contributed by atoms with Crippen LogP contribution >= 0.6 is 22.7 Å². The van der Waals surface area contributed by atoms with Gasteiger partial charge in [-0.15, -0.1) is 22.7 Å². The van der Waals surface area contributed by atoms with Gasteiger partial charge in [0.05, 0.1) is 40.9 Å². The second-order valence-electron chi connectivity index (χ2n) is 9.55. The third-order valence-corrected chi connectivity index (χ3v) is 9.43. The van der Waals surface area contributed by atoms with Gasteiger partial charge in [-0.2, -0.15) is 0 Å². The van der Waals surface area contributed by atoms with E-state index in [4.69, 9.17) is 9.47 Å². The predicted octanol–water partition coefficient (Wildman–Crippen LogP) is 4.92. The number of nitro groups is 1. The zero-order chi connectivity index (χ0) is 25.2. The molecule has 1 aromatic carbocycles. The molecule has 10 heteroatoms. The predicted molar refractivity (Wildman–Crippen MR) is 137 cm³/mol. The van der Waals surface area contributed by atoms with Crippen LogP contribution in [0.3, 0.4) is 0 Å². The highest BCUT2D eigenvalue weighted by molar-refractivity contribution is 7.12. The summed E-state index contributed by atoms with van der Waals surface area (Å²) in [6.07, 6.45) is 3.49. The fraction of sp³-hybridized carbons (Fsp3) is 0.423. The van der Waals surface area contributed by atoms with E-state index in [9.17, 15) is 20.0 Å². The van der Waals surface area contributed by atoms with Crippen molar-refractivity contribution in [1.82, 2.24) is 0 Å². The lowest BCUT2D eigenvalue weighted by atomic mass is 9.84. The molecule has 1 atom stereocenters. The van der Waals surface area contributed by atoms with E-state index in [-0.39, 0.29) is 11.9 Å². The van der Waals surface area contributed by atoms with E-state index in [0.717, 1.165) is 45.3 Å². The minimum absolute atomic E-state index is 0.0339. The summed E-state index contributed by atoms with van der Waals surface area (Å²) in [6, 6.07) is 13.3. The monoisotopic (exact) mass is 529 g/mol. The fourth-order valence-corrected chi connectivity index (χ4v) is 7.14. The Kier molecular flexibility index (Phi) is 7.11. The number of hydrogen-bond donors (Lipinski definition) is 1. The summed E-state index contributed by atoms with van der Waals surface area (Å²) in [6.45, 7) is 3.15. The minimum atomic E-state index is -1.80. The Morgan fingerprint density at radius 3 is 2.28 bits per heavy atom. The Bertz CT molecular complexity index is 1140. The van der Waals surface area contributed by atoms with Crippen molar-refractivity contribution in [1.29, 1.82) is 0 Å². The topological polar surface area (TPSA) is 98.9 Å². The van der Waals surface area contributed by atoms with Crippen LogP contribution in [0.2, 0.25) is 0 Å². The van der Waals surface area contributed by atoms with Crippen molar-refractivity contribution in [3.63, 3.8) is 0 Å². The zero-order valence-corrected chi connectivity index (χ0v) is 21.4. The van der Waals surface area contributed by atoms with Gasteiger partial charge in [-0.1, -0.05) is 12.1 Å². The molecule has 36 heavy (non-hydrogen) atoms. The zero-order valence-electron chi connectivity index (χ0n) is 19.8. The molecule has 2 bridgehead atoms. The van der Waals surface area contributed by atoms with Crippen LogP contribution in [0.1, 0.15) is 35.4 Å². The molecule has 2 aromatic heterocycles. The first kappa shape index (κ1) is 24.9. The number of aliphatic hydroxyl groups is 1. The van der Waals surface area contributed by atoms with Crippen molar-refractivity contribution in [3.05, 3.63) is 79.2 Å². The van der Waals surface area contributed by atoms with Gasteiger partial charge in [-0.05, 0) is 40.9 Å². The van der Waals surface area contributed by atoms with Crippen molar-refractivity contribution in [2.24, 2.45) is 5.92 Å². The lowest BCUT2D eigenvalue weighted by Crippen LogP contribution is -2.66. The number of benzene rings is 1. The molecule has 3 aliphatic heterocycles. The van der Waals surface area contributed by atoms with Gasteiger partial charge in [-0.25, -0.2) is 4.79 Å². The Balaban J connectivity index is 1.26. The highest BCUT2D eigenvalue weighted by atomic mass is 32.1. The number of piperidine rings is 3. The van der Waals surface area contributed by atoms with Crippen LogP contribution in [0.25, 0.3) is 0 Å². The number of hydrogen-bond acceptors (Lipinski definition) is 8. The third kappa shape index (κ3) is 4.78. The Morgan fingerprint density at radius 2 is 1.72 bits per heavy atom. The second kappa shape index (κ2) is 10.3. The van der Waals surface area contributed by atoms with Crippen LogP contribution < -0.4 is 4.74 Å². The number of thiophene rings is 2. The Hall–Kier alpha value is -2.79. The molecular formula is C26H29N2O6S2+. The number of quaternary nitrogens is 1. The molecule has 3 aliphatic rings. The Morgan fingerprint density at radius 1 is 1.08 bits per heavy atom. The van der Waals surface area contributed by atoms with E-state index in [0.29, 0.717) is 32.5 Å². The number of carbonyl (C=O) groups is 1. The summed E-state index contributed by atoms with van der Waals surface area (Å²) >= 11 is 2.69. The lowest BCUT2D eigenvalue weighted by molar-refractivity contribution is -0.984. The first-order valence-corrected chi connectivity index (χ1v) is 13.9. The van der Waals surface area contributed by atoms with Gasteiger partial charge in [0.2, 0.25) is 11.8 Å². The maximum Gasteiger partial charge on any atom is 0.353 e. The standard InChI is InChI=1S/C26H29N2O6S2/c29-25(26(30,22-4-1-16-35-22)23-5-2-17-36-23)34-24-18-19-10-13-28(24,14-11-19)12-3-15-33-21-8-6-20(7-9-21)27(31)32/h1-2,4-9,16-17,19,24,30H,3,10-15,18H2/q+1/t19?,24-,28?/m1/s1. The van der Waals surface area contributed by atoms with Crippen LogP contribution in [0, 0.1) is 16.0 Å². The van der Waals surface area contributed by atoms with E-state index in [1.807, 2.05) is 22.9 Å². The smallest absolute Gasteiger partial charge is 0.353 e. The third-order valence-electron chi connectivity index (χ3n) is 7.47. The molecule has 0 radical (unpaired) electrons. The minimum Gasteiger partial charge on any atom is -0.493 e. The van der Waals surface area contributed by atoms with Gasteiger partial charge in [0.1, 0.15) is 5.75 Å². The summed E-state index contributed by atoms with van der Waals surface area (Å²) in [5, 5.41) is 26.2. The van der Waals surface area contributed by atoms with Gasteiger partial charge in [0.15, 0.2) is 0 Å². The summed E-state index contributed by atoms with van der Waals surface area (Å²) < 4.78 is 12.7. The largest absolute Gasteiger partial charge is 0.493 e. The summed E-state index contributed by atoms with van der Waals surface area (Å²) in [5.74, 6) is 0.526. The number of fused-ring (bicyclic) bond motifs is 3. The van der Waals surface area contributed by atoms with Crippen LogP contribution in [0.15, 0.2) is 59.3 Å². The number of non-ortho nitro benzene ring substituents is 1. The second-order valence-corrected chi connectivity index (χ2v) is 11.4. The first-order valence-electron chi connectivity index (χ1n) is 12.2. The number of ether oxygens (including phenoxy) is 2. The quantitative estimate of drug-likeness (QED) is 0.132. The summed E-state index contributed by atoms with van der Waals surface area (Å²) in [5.41, 5.74) is -1.77. The first-order chi connectivity index (χ1) is 17.4. The molecule has 0 saturated carbocycles. The van der Waals surface area contributed by atoms with Crippen LogP contribution in [0.4, 0.5) is 5.69 Å². The molecule has 3 aromatic rings. The number of esters is 1. The highest BCUT2D eigenvalue weighted by Gasteiger charge is 2.52. The molecule has 3 saturated heterocycles. The molecule has 190 valence electrons. The molecule has 8 nitrogen and oxygen atoms in total. The molecular weight excluding hydrogens is 500 g/mol. The van der Waals surface area contributed by atoms with E-state index in [2.05, 4.69) is 0 Å². The van der Waals surface area contributed by atoms with Crippen LogP contribution in [0.5, 0.6) is 5.75 Å². The van der Waals surface area contributed by atoms with Crippen molar-refractivity contribution in [3.8, 4) is 5.75 Å². The lowest BCUT2D eigenvalue weighted by Gasteiger charge is -2.53. The van der Waals surface area contributed by atoms with Gasteiger partial charge >= 0.3 is 5.97 Å². The van der Waals surface area contributed by atoms with Crippen LogP contribution in [-0.2, 0) is 15.1 Å². The van der Waals surface area contributed by atoms with Crippen LogP contribution in [-0.4, -0.2) is 53.0 Å². The van der Waals surface area contributed by atoms with Gasteiger partial charge < -0.3 is 14.6 Å². The molecule has 0 amide bonds. The molecule has 6 rings (SSSR count). The number of carbonyl (C=O) groups excluding carboxylic acids is 1. The number of nitrogens with zero attached hydrogens (tertiary/aromatic N) is 2. The van der Waals surface area contributed by atoms with Crippen molar-refractivity contribution < 1.29 is 28.8 Å². The summed E-state index contributed by atoms with van der Waals surface area (Å²) in [4.78, 5) is 25.1. The Labute approximate surface area is 217 Å². The van der Waals surface area contributed by atoms with E-state index in [1.54, 1.807) is 24.3 Å². The average molecular weight is 530 g/mol. The molecule has 0 spiro atoms. The normalized spacial score (nSPS) is 23.4. The average Bonchev–Trinajstić information content (AvgIpc) is 3.63. The SMILES string of the molecule is O=C(O[C@@H]1CC2CC[N+]1(CCCOc1ccc([N+](=O)[O-])cc1)CC2)C(O)(c1cccs1)c1cccs1. The van der Waals surface area contributed by atoms with E-state index >= 15 is 0 Å². The van der Waals surface area contributed by atoms with E-state index < -0.39 is 16.5 Å². The molecule has 3 fully saturated rings. The van der Waals surface area contributed by atoms with E-state index in [1.165, 1.54) is 34.8 Å². The maximum atomic E-state index is 13.6. The van der Waals surface area contributed by atoms with Gasteiger partial charge in [0.25, 0.3) is 5.69 Å². The fourth-order valence-electron chi connectivity index (χ4n) is 5.43. The number of rotatable bonds is 10. The molecule has 5 heterocycles. The molecule has 0 unspecified atom stereocenters. The van der Waals surface area contributed by atoms with Crippen molar-refractivity contribution >= 4 is 34.3 Å². The van der Waals surface area contributed by atoms with Gasteiger partial charge in [-0.3, -0.25) is 14.6 Å². The highest BCUT2D eigenvalue weighted by Crippen LogP contribution is 2.42. The van der Waals surface area contributed by atoms with Crippen molar-refractivity contribution in [2.45, 2.75) is 37.5 Å². The summed E-state index contributed by atoms with van der Waals surface area (Å²) in [7, 11) is 0.